The number of aryl methyl sites for hydroxylation is 1. The molecule has 128 valence electrons. The summed E-state index contributed by atoms with van der Waals surface area (Å²) in [5, 5.41) is 3.03. The van der Waals surface area contributed by atoms with E-state index in [2.05, 4.69) is 32.9 Å². The topological polar surface area (TPSA) is 46.4 Å². The van der Waals surface area contributed by atoms with Gasteiger partial charge in [0.25, 0.3) is 5.91 Å². The molecule has 2 aromatic carbocycles. The van der Waals surface area contributed by atoms with E-state index in [1.807, 2.05) is 84.4 Å². The Morgan fingerprint density at radius 3 is 2.69 bits per heavy atom. The number of amides is 1. The minimum absolute atomic E-state index is 0.106. The molecular weight excluding hydrogens is 437 g/mol. The van der Waals surface area contributed by atoms with Crippen molar-refractivity contribution in [2.24, 2.45) is 0 Å². The molecule has 0 fully saturated rings. The number of benzene rings is 2. The van der Waals surface area contributed by atoms with E-state index in [0.29, 0.717) is 5.56 Å². The highest BCUT2D eigenvalue weighted by Gasteiger charge is 2.12. The Bertz CT molecular complexity index is 1080. The first-order valence-corrected chi connectivity index (χ1v) is 9.30. The number of imidazole rings is 1. The third kappa shape index (κ3) is 3.22. The van der Waals surface area contributed by atoms with Gasteiger partial charge in [-0.15, -0.1) is 0 Å². The molecule has 0 atom stereocenters. The molecule has 0 bridgehead atoms. The van der Waals surface area contributed by atoms with Crippen molar-refractivity contribution in [3.05, 3.63) is 87.8 Å². The Balaban J connectivity index is 1.68. The highest BCUT2D eigenvalue weighted by Crippen LogP contribution is 2.26. The van der Waals surface area contributed by atoms with Crippen LogP contribution in [0.5, 0.6) is 0 Å². The molecule has 0 saturated heterocycles. The molecule has 0 spiro atoms. The number of fused-ring (bicyclic) bond motifs is 1. The first-order chi connectivity index (χ1) is 12.6. The largest absolute Gasteiger partial charge is 0.322 e. The second kappa shape index (κ2) is 6.92. The van der Waals surface area contributed by atoms with Crippen LogP contribution in [0.4, 0.5) is 5.69 Å². The minimum Gasteiger partial charge on any atom is -0.322 e. The second-order valence-corrected chi connectivity index (χ2v) is 7.22. The van der Waals surface area contributed by atoms with E-state index in [9.17, 15) is 4.79 Å². The fourth-order valence-corrected chi connectivity index (χ4v) is 3.46. The van der Waals surface area contributed by atoms with Crippen LogP contribution in [0.1, 0.15) is 15.9 Å². The number of nitrogens with zero attached hydrogens (tertiary/aromatic N) is 2. The first-order valence-electron chi connectivity index (χ1n) is 8.22. The van der Waals surface area contributed by atoms with Gasteiger partial charge in [0.2, 0.25) is 0 Å². The van der Waals surface area contributed by atoms with E-state index in [4.69, 9.17) is 0 Å². The maximum absolute atomic E-state index is 12.6. The van der Waals surface area contributed by atoms with Crippen molar-refractivity contribution < 1.29 is 4.79 Å². The number of nitrogens with one attached hydrogen (secondary N) is 1. The van der Waals surface area contributed by atoms with Crippen molar-refractivity contribution >= 4 is 39.8 Å². The summed E-state index contributed by atoms with van der Waals surface area (Å²) in [5.74, 6) is -0.106. The Hall–Kier alpha value is -2.67. The van der Waals surface area contributed by atoms with E-state index in [1.54, 1.807) is 0 Å². The molecule has 2 aromatic heterocycles. The zero-order valence-corrected chi connectivity index (χ0v) is 16.3. The average Bonchev–Trinajstić information content (AvgIpc) is 3.08. The SMILES string of the molecule is Cc1ccc(-c2cn3ccccc3n2)cc1NC(=O)c1ccccc1I. The number of hydrogen-bond donors (Lipinski definition) is 1. The van der Waals surface area contributed by atoms with Crippen LogP contribution in [0, 0.1) is 10.5 Å². The lowest BCUT2D eigenvalue weighted by Gasteiger charge is -2.11. The van der Waals surface area contributed by atoms with E-state index in [1.165, 1.54) is 0 Å². The van der Waals surface area contributed by atoms with Crippen LogP contribution in [0.2, 0.25) is 0 Å². The van der Waals surface area contributed by atoms with Gasteiger partial charge in [-0.2, -0.15) is 0 Å². The van der Waals surface area contributed by atoms with Crippen molar-refractivity contribution in [2.75, 3.05) is 5.32 Å². The first kappa shape index (κ1) is 16.8. The quantitative estimate of drug-likeness (QED) is 0.436. The lowest BCUT2D eigenvalue weighted by molar-refractivity contribution is 0.102. The van der Waals surface area contributed by atoms with Gasteiger partial charge in [-0.1, -0.05) is 30.3 Å². The molecule has 4 nitrogen and oxygen atoms in total. The number of pyridine rings is 1. The third-order valence-corrected chi connectivity index (χ3v) is 5.20. The third-order valence-electron chi connectivity index (χ3n) is 4.26. The number of anilines is 1. The van der Waals surface area contributed by atoms with E-state index >= 15 is 0 Å². The van der Waals surface area contributed by atoms with Crippen LogP contribution in [0.3, 0.4) is 0 Å². The van der Waals surface area contributed by atoms with Crippen LogP contribution >= 0.6 is 22.6 Å². The number of hydrogen-bond acceptors (Lipinski definition) is 2. The number of aromatic nitrogens is 2. The van der Waals surface area contributed by atoms with Gasteiger partial charge in [-0.25, -0.2) is 4.98 Å². The van der Waals surface area contributed by atoms with Gasteiger partial charge >= 0.3 is 0 Å². The van der Waals surface area contributed by atoms with Crippen molar-refractivity contribution in [3.63, 3.8) is 0 Å². The summed E-state index contributed by atoms with van der Waals surface area (Å²) in [6.07, 6.45) is 3.96. The Morgan fingerprint density at radius 1 is 1.08 bits per heavy atom. The van der Waals surface area contributed by atoms with Gasteiger partial charge < -0.3 is 9.72 Å². The van der Waals surface area contributed by atoms with E-state index in [-0.39, 0.29) is 5.91 Å². The lowest BCUT2D eigenvalue weighted by atomic mass is 10.1. The van der Waals surface area contributed by atoms with E-state index in [0.717, 1.165) is 31.7 Å². The van der Waals surface area contributed by atoms with Crippen LogP contribution in [0.15, 0.2) is 73.1 Å². The van der Waals surface area contributed by atoms with Gasteiger partial charge in [-0.05, 0) is 65.4 Å². The predicted octanol–water partition coefficient (Wildman–Crippen LogP) is 5.17. The zero-order valence-electron chi connectivity index (χ0n) is 14.1. The molecule has 5 heteroatoms. The monoisotopic (exact) mass is 453 g/mol. The maximum Gasteiger partial charge on any atom is 0.256 e. The summed E-state index contributed by atoms with van der Waals surface area (Å²) in [5.41, 5.74) is 5.22. The summed E-state index contributed by atoms with van der Waals surface area (Å²) in [6.45, 7) is 1.99. The van der Waals surface area contributed by atoms with Gasteiger partial charge in [0.05, 0.1) is 11.3 Å². The molecule has 0 aliphatic heterocycles. The molecule has 2 heterocycles. The summed E-state index contributed by atoms with van der Waals surface area (Å²) in [7, 11) is 0. The maximum atomic E-state index is 12.6. The molecule has 4 aromatic rings. The lowest BCUT2D eigenvalue weighted by Crippen LogP contribution is -2.14. The highest BCUT2D eigenvalue weighted by atomic mass is 127. The summed E-state index contributed by atoms with van der Waals surface area (Å²) in [4.78, 5) is 17.3. The van der Waals surface area contributed by atoms with Crippen LogP contribution in [-0.2, 0) is 0 Å². The molecule has 0 aliphatic rings. The summed E-state index contributed by atoms with van der Waals surface area (Å²) >= 11 is 2.18. The molecular formula is C21H16IN3O. The van der Waals surface area contributed by atoms with Crippen LogP contribution in [0.25, 0.3) is 16.9 Å². The van der Waals surface area contributed by atoms with Crippen molar-refractivity contribution in [1.82, 2.24) is 9.38 Å². The van der Waals surface area contributed by atoms with Crippen LogP contribution in [-0.4, -0.2) is 15.3 Å². The molecule has 26 heavy (non-hydrogen) atoms. The van der Waals surface area contributed by atoms with Crippen molar-refractivity contribution in [2.45, 2.75) is 6.92 Å². The number of rotatable bonds is 3. The Labute approximate surface area is 165 Å². The van der Waals surface area contributed by atoms with Crippen molar-refractivity contribution in [3.8, 4) is 11.3 Å². The van der Waals surface area contributed by atoms with Gasteiger partial charge in [0, 0.05) is 27.2 Å². The number of halogens is 1. The molecule has 0 unspecified atom stereocenters. The fourth-order valence-electron chi connectivity index (χ4n) is 2.82. The van der Waals surface area contributed by atoms with Crippen LogP contribution < -0.4 is 5.32 Å². The predicted molar refractivity (Wildman–Crippen MR) is 112 cm³/mol. The fraction of sp³-hybridized carbons (Fsp3) is 0.0476. The smallest absolute Gasteiger partial charge is 0.256 e. The van der Waals surface area contributed by atoms with E-state index < -0.39 is 0 Å². The minimum atomic E-state index is -0.106. The van der Waals surface area contributed by atoms with Gasteiger partial charge in [0.1, 0.15) is 5.65 Å². The molecule has 0 saturated carbocycles. The highest BCUT2D eigenvalue weighted by molar-refractivity contribution is 14.1. The standard InChI is InChI=1S/C21H16IN3O/c1-14-9-10-15(19-13-25-11-5-4-8-20(25)23-19)12-18(14)24-21(26)16-6-2-3-7-17(16)22/h2-13H,1H3,(H,24,26). The Morgan fingerprint density at radius 2 is 1.88 bits per heavy atom. The van der Waals surface area contributed by atoms with Crippen molar-refractivity contribution in [1.29, 1.82) is 0 Å². The zero-order chi connectivity index (χ0) is 18.1. The molecule has 1 amide bonds. The van der Waals surface area contributed by atoms with Gasteiger partial charge in [-0.3, -0.25) is 4.79 Å². The number of carbonyl (C=O) groups excluding carboxylic acids is 1. The molecule has 0 radical (unpaired) electrons. The Kier molecular flexibility index (Phi) is 4.46. The number of carbonyl (C=O) groups is 1. The van der Waals surface area contributed by atoms with Gasteiger partial charge in [0.15, 0.2) is 0 Å². The molecule has 4 rings (SSSR count). The average molecular weight is 453 g/mol. The molecule has 1 N–H and O–H groups in total. The summed E-state index contributed by atoms with van der Waals surface area (Å²) in [6, 6.07) is 19.5. The molecule has 0 aliphatic carbocycles. The summed E-state index contributed by atoms with van der Waals surface area (Å²) < 4.78 is 2.91. The normalized spacial score (nSPS) is 10.8. The second-order valence-electron chi connectivity index (χ2n) is 6.06.